The Morgan fingerprint density at radius 1 is 1.05 bits per heavy atom. The van der Waals surface area contributed by atoms with Crippen LogP contribution in [0.2, 0.25) is 5.02 Å². The number of nitrogens with two attached hydrogens (primary N) is 1. The van der Waals surface area contributed by atoms with Gasteiger partial charge in [-0.3, -0.25) is 0 Å². The summed E-state index contributed by atoms with van der Waals surface area (Å²) in [6, 6.07) is 11.0. The van der Waals surface area contributed by atoms with Crippen LogP contribution in [0, 0.1) is 11.6 Å². The Hall–Kier alpha value is -1.10. The molecule has 2 rings (SSSR count). The van der Waals surface area contributed by atoms with E-state index in [2.05, 4.69) is 0 Å². The fourth-order valence-corrected chi connectivity index (χ4v) is 2.90. The number of halogens is 3. The van der Waals surface area contributed by atoms with Gasteiger partial charge in [0.1, 0.15) is 11.6 Å². The van der Waals surface area contributed by atoms with E-state index in [1.165, 1.54) is 23.9 Å². The van der Waals surface area contributed by atoms with E-state index >= 15 is 0 Å². The maximum Gasteiger partial charge on any atom is 0.142 e. The molecule has 1 nitrogen and oxygen atoms in total. The lowest BCUT2D eigenvalue weighted by atomic mass is 10.1. The number of benzene rings is 2. The number of hydrogen-bond donors (Lipinski definition) is 1. The van der Waals surface area contributed by atoms with E-state index in [0.717, 1.165) is 0 Å². The summed E-state index contributed by atoms with van der Waals surface area (Å²) in [4.78, 5) is 0.563. The van der Waals surface area contributed by atoms with Crippen LogP contribution in [0.15, 0.2) is 47.4 Å². The fourth-order valence-electron chi connectivity index (χ4n) is 1.81. The lowest BCUT2D eigenvalue weighted by Crippen LogP contribution is -2.25. The number of hydrogen-bond acceptors (Lipinski definition) is 2. The van der Waals surface area contributed by atoms with Crippen LogP contribution in [0.1, 0.15) is 5.56 Å². The highest BCUT2D eigenvalue weighted by molar-refractivity contribution is 7.99. The molecule has 0 spiro atoms. The molecule has 0 aliphatic heterocycles. The Kier molecular flexibility index (Phi) is 5.40. The third-order valence-electron chi connectivity index (χ3n) is 2.80. The molecule has 0 aliphatic rings. The molecule has 0 saturated carbocycles. The van der Waals surface area contributed by atoms with Crippen molar-refractivity contribution in [2.45, 2.75) is 17.4 Å². The average molecular weight is 314 g/mol. The molecule has 5 heteroatoms. The van der Waals surface area contributed by atoms with Gasteiger partial charge in [0.25, 0.3) is 0 Å². The first-order valence-electron chi connectivity index (χ1n) is 6.13. The molecule has 2 aromatic rings. The maximum absolute atomic E-state index is 13.5. The van der Waals surface area contributed by atoms with Crippen molar-refractivity contribution in [3.8, 4) is 0 Å². The molecule has 1 unspecified atom stereocenters. The smallest absolute Gasteiger partial charge is 0.142 e. The van der Waals surface area contributed by atoms with Gasteiger partial charge in [0, 0.05) is 16.7 Å². The van der Waals surface area contributed by atoms with Gasteiger partial charge in [-0.1, -0.05) is 35.9 Å². The predicted molar refractivity (Wildman–Crippen MR) is 80.2 cm³/mol. The zero-order chi connectivity index (χ0) is 14.5. The quantitative estimate of drug-likeness (QED) is 0.834. The molecule has 0 saturated heterocycles. The van der Waals surface area contributed by atoms with Gasteiger partial charge in [0.15, 0.2) is 0 Å². The number of thioether (sulfide) groups is 1. The van der Waals surface area contributed by atoms with Crippen LogP contribution in [0.3, 0.4) is 0 Å². The fraction of sp³-hybridized carbons (Fsp3) is 0.200. The van der Waals surface area contributed by atoms with Crippen molar-refractivity contribution < 1.29 is 8.78 Å². The van der Waals surface area contributed by atoms with Crippen molar-refractivity contribution in [3.05, 3.63) is 64.7 Å². The van der Waals surface area contributed by atoms with Crippen molar-refractivity contribution in [2.24, 2.45) is 5.73 Å². The van der Waals surface area contributed by atoms with Crippen LogP contribution >= 0.6 is 23.4 Å². The summed E-state index contributed by atoms with van der Waals surface area (Å²) in [5, 5.41) is 0.110. The second-order valence-electron chi connectivity index (χ2n) is 4.42. The van der Waals surface area contributed by atoms with Crippen molar-refractivity contribution in [2.75, 3.05) is 5.75 Å². The molecule has 106 valence electrons. The van der Waals surface area contributed by atoms with Crippen LogP contribution in [-0.2, 0) is 6.42 Å². The van der Waals surface area contributed by atoms with E-state index in [4.69, 9.17) is 17.3 Å². The topological polar surface area (TPSA) is 26.0 Å². The first-order valence-corrected chi connectivity index (χ1v) is 7.50. The minimum atomic E-state index is -0.446. The molecular formula is C15H14ClF2NS. The lowest BCUT2D eigenvalue weighted by molar-refractivity contribution is 0.601. The van der Waals surface area contributed by atoms with Crippen molar-refractivity contribution >= 4 is 23.4 Å². The Bertz CT molecular complexity index is 592. The zero-order valence-electron chi connectivity index (χ0n) is 10.7. The van der Waals surface area contributed by atoms with E-state index in [-0.39, 0.29) is 16.9 Å². The van der Waals surface area contributed by atoms with Gasteiger partial charge in [-0.15, -0.1) is 11.8 Å². The van der Waals surface area contributed by atoms with E-state index in [9.17, 15) is 8.78 Å². The summed E-state index contributed by atoms with van der Waals surface area (Å²) in [5.74, 6) is -0.167. The normalized spacial score (nSPS) is 12.4. The third-order valence-corrected chi connectivity index (χ3v) is 4.46. The predicted octanol–water partition coefficient (Wildman–Crippen LogP) is 4.28. The summed E-state index contributed by atoms with van der Waals surface area (Å²) in [6.45, 7) is 0. The molecule has 0 aromatic heterocycles. The summed E-state index contributed by atoms with van der Waals surface area (Å²) in [5.41, 5.74) is 6.67. The Morgan fingerprint density at radius 3 is 2.50 bits per heavy atom. The molecule has 0 radical (unpaired) electrons. The van der Waals surface area contributed by atoms with Crippen LogP contribution in [0.25, 0.3) is 0 Å². The minimum Gasteiger partial charge on any atom is -0.327 e. The first kappa shape index (κ1) is 15.3. The largest absolute Gasteiger partial charge is 0.327 e. The second kappa shape index (κ2) is 7.07. The molecule has 0 heterocycles. The van der Waals surface area contributed by atoms with Crippen molar-refractivity contribution in [1.82, 2.24) is 0 Å². The third kappa shape index (κ3) is 3.95. The van der Waals surface area contributed by atoms with Gasteiger partial charge in [-0.2, -0.15) is 0 Å². The molecule has 0 bridgehead atoms. The molecule has 0 aliphatic carbocycles. The van der Waals surface area contributed by atoms with Gasteiger partial charge < -0.3 is 5.73 Å². The van der Waals surface area contributed by atoms with Crippen molar-refractivity contribution in [3.63, 3.8) is 0 Å². The molecule has 2 aromatic carbocycles. The highest BCUT2D eigenvalue weighted by Crippen LogP contribution is 2.24. The lowest BCUT2D eigenvalue weighted by Gasteiger charge is -2.13. The van der Waals surface area contributed by atoms with E-state index in [0.29, 0.717) is 22.6 Å². The Morgan fingerprint density at radius 2 is 1.75 bits per heavy atom. The second-order valence-corrected chi connectivity index (χ2v) is 5.86. The molecule has 2 N–H and O–H groups in total. The standard InChI is InChI=1S/C15H14ClF2NS/c16-15-10(4-3-6-13(15)18)8-11(19)9-20-14-7-2-1-5-12(14)17/h1-7,11H,8-9,19H2. The van der Waals surface area contributed by atoms with Crippen LogP contribution in [0.4, 0.5) is 8.78 Å². The van der Waals surface area contributed by atoms with Crippen LogP contribution < -0.4 is 5.73 Å². The molecule has 1 atom stereocenters. The Balaban J connectivity index is 1.94. The van der Waals surface area contributed by atoms with Gasteiger partial charge in [-0.05, 0) is 30.2 Å². The van der Waals surface area contributed by atoms with Gasteiger partial charge >= 0.3 is 0 Å². The average Bonchev–Trinajstić information content (AvgIpc) is 2.43. The van der Waals surface area contributed by atoms with E-state index in [1.54, 1.807) is 30.3 Å². The highest BCUT2D eigenvalue weighted by Gasteiger charge is 2.11. The number of rotatable bonds is 5. The summed E-state index contributed by atoms with van der Waals surface area (Å²) >= 11 is 7.23. The maximum atomic E-state index is 13.5. The SMILES string of the molecule is NC(CSc1ccccc1F)Cc1cccc(F)c1Cl. The highest BCUT2D eigenvalue weighted by atomic mass is 35.5. The zero-order valence-corrected chi connectivity index (χ0v) is 12.2. The summed E-state index contributed by atoms with van der Waals surface area (Å²) in [6.07, 6.45) is 0.456. The monoisotopic (exact) mass is 313 g/mol. The van der Waals surface area contributed by atoms with E-state index in [1.807, 2.05) is 0 Å². The minimum absolute atomic E-state index is 0.110. The summed E-state index contributed by atoms with van der Waals surface area (Å²) in [7, 11) is 0. The van der Waals surface area contributed by atoms with Gasteiger partial charge in [-0.25, -0.2) is 8.78 Å². The van der Waals surface area contributed by atoms with Gasteiger partial charge in [0.2, 0.25) is 0 Å². The van der Waals surface area contributed by atoms with Crippen LogP contribution in [-0.4, -0.2) is 11.8 Å². The van der Waals surface area contributed by atoms with Crippen LogP contribution in [0.5, 0.6) is 0 Å². The molecule has 20 heavy (non-hydrogen) atoms. The van der Waals surface area contributed by atoms with Crippen molar-refractivity contribution in [1.29, 1.82) is 0 Å². The van der Waals surface area contributed by atoms with Gasteiger partial charge in [0.05, 0.1) is 5.02 Å². The molecule has 0 fully saturated rings. The molecular weight excluding hydrogens is 300 g/mol. The molecule has 0 amide bonds. The Labute approximate surface area is 126 Å². The van der Waals surface area contributed by atoms with E-state index < -0.39 is 5.82 Å². The summed E-state index contributed by atoms with van der Waals surface area (Å²) < 4.78 is 26.8. The first-order chi connectivity index (χ1) is 9.58.